The van der Waals surface area contributed by atoms with Gasteiger partial charge in [0, 0.05) is 12.0 Å². The topological polar surface area (TPSA) is 32.7 Å². The molecule has 0 aliphatic heterocycles. The van der Waals surface area contributed by atoms with E-state index in [1.54, 1.807) is 31.2 Å². The lowest BCUT2D eigenvalue weighted by Gasteiger charge is -2.11. The van der Waals surface area contributed by atoms with Crippen LogP contribution in [0.3, 0.4) is 0 Å². The predicted octanol–water partition coefficient (Wildman–Crippen LogP) is 5.79. The number of amides is 1. The van der Waals surface area contributed by atoms with Crippen LogP contribution < -0.4 is 5.12 Å². The second-order valence-electron chi connectivity index (χ2n) is 5.72. The monoisotopic (exact) mass is 374 g/mol. The first-order valence-corrected chi connectivity index (χ1v) is 8.71. The van der Waals surface area contributed by atoms with E-state index in [1.807, 2.05) is 32.9 Å². The van der Waals surface area contributed by atoms with E-state index in [0.29, 0.717) is 17.2 Å². The lowest BCUT2D eigenvalue weighted by Crippen LogP contribution is -2.19. The highest BCUT2D eigenvalue weighted by atomic mass is 35.5. The predicted molar refractivity (Wildman–Crippen MR) is 110 cm³/mol. The Morgan fingerprint density at radius 1 is 1.27 bits per heavy atom. The van der Waals surface area contributed by atoms with Crippen molar-refractivity contribution in [2.24, 2.45) is 4.99 Å². The first-order valence-electron chi connectivity index (χ1n) is 8.17. The van der Waals surface area contributed by atoms with Gasteiger partial charge >= 0.3 is 0 Å². The highest BCUT2D eigenvalue weighted by Crippen LogP contribution is 2.21. The zero-order chi connectivity index (χ0) is 19.7. The maximum absolute atomic E-state index is 14.3. The van der Waals surface area contributed by atoms with Crippen LogP contribution in [-0.4, -0.2) is 18.5 Å². The van der Waals surface area contributed by atoms with Crippen LogP contribution in [-0.2, 0) is 4.79 Å². The molecule has 0 saturated carbocycles. The van der Waals surface area contributed by atoms with Gasteiger partial charge in [-0.3, -0.25) is 9.79 Å². The lowest BCUT2D eigenvalue weighted by molar-refractivity contribution is -0.116. The average molecular weight is 375 g/mol. The summed E-state index contributed by atoms with van der Waals surface area (Å²) in [5, 5.41) is 0.124. The van der Waals surface area contributed by atoms with E-state index in [0.717, 1.165) is 16.7 Å². The number of carbonyl (C=O) groups is 1. The number of nitrogens with zero attached hydrogens (tertiary/aromatic N) is 2. The second-order valence-corrected chi connectivity index (χ2v) is 6.03. The Hall–Kier alpha value is -2.46. The minimum atomic E-state index is -0.773. The molecular formula is C21H24ClFN2O. The molecule has 0 unspecified atom stereocenters. The largest absolute Gasteiger partial charge is 0.279 e. The summed E-state index contributed by atoms with van der Waals surface area (Å²) in [4.78, 5) is 16.1. The molecule has 0 heterocycles. The Balaban J connectivity index is 3.08. The highest BCUT2D eigenvalue weighted by Gasteiger charge is 2.13. The Kier molecular flexibility index (Phi) is 8.73. The van der Waals surface area contributed by atoms with Crippen molar-refractivity contribution in [3.63, 3.8) is 0 Å². The summed E-state index contributed by atoms with van der Waals surface area (Å²) >= 11 is 5.78. The van der Waals surface area contributed by atoms with Gasteiger partial charge in [0.15, 0.2) is 0 Å². The summed E-state index contributed by atoms with van der Waals surface area (Å²) < 4.78 is 14.3. The number of aliphatic imine (C=N–C) groups is 1. The molecule has 3 nitrogen and oxygen atoms in total. The molecule has 1 aromatic rings. The van der Waals surface area contributed by atoms with E-state index in [1.165, 1.54) is 12.2 Å². The molecule has 0 bridgehead atoms. The molecule has 138 valence electrons. The van der Waals surface area contributed by atoms with Gasteiger partial charge in [0.05, 0.1) is 11.4 Å². The van der Waals surface area contributed by atoms with Crippen LogP contribution in [0.5, 0.6) is 0 Å². The molecule has 0 aliphatic rings. The Labute approximate surface area is 159 Å². The van der Waals surface area contributed by atoms with Crippen molar-refractivity contribution in [3.05, 3.63) is 76.5 Å². The fourth-order valence-corrected chi connectivity index (χ4v) is 2.43. The van der Waals surface area contributed by atoms with E-state index in [9.17, 15) is 9.28 Å². The zero-order valence-electron chi connectivity index (χ0n) is 15.6. The number of alkyl halides is 1. The number of allylic oxidation sites excluding steroid dienone is 5. The van der Waals surface area contributed by atoms with Gasteiger partial charge in [0.2, 0.25) is 0 Å². The first-order chi connectivity index (χ1) is 12.3. The van der Waals surface area contributed by atoms with Crippen LogP contribution in [0.1, 0.15) is 25.0 Å². The van der Waals surface area contributed by atoms with Gasteiger partial charge in [-0.15, -0.1) is 16.7 Å². The lowest BCUT2D eigenvalue weighted by atomic mass is 10.1. The van der Waals surface area contributed by atoms with Crippen LogP contribution in [0.4, 0.5) is 10.2 Å². The quantitative estimate of drug-likeness (QED) is 0.195. The van der Waals surface area contributed by atoms with Crippen molar-refractivity contribution in [2.75, 3.05) is 11.0 Å². The number of rotatable bonds is 7. The third-order valence-electron chi connectivity index (χ3n) is 3.83. The molecule has 0 aliphatic carbocycles. The standard InChI is InChI=1S/C21H24ClFN2O/c1-6-7-18(12-13-22)21(24-5)16(3)9-11-20(26)25(23)19-10-8-15(2)17(4)14-19/h6-12,14H,5,13H2,1-4H3/b7-6-,11-9+,18-12+,21-16-. The minimum absolute atomic E-state index is 0.124. The molecule has 0 fully saturated rings. The van der Waals surface area contributed by atoms with Crippen molar-refractivity contribution in [3.8, 4) is 0 Å². The SMILES string of the molecule is C=NC(=C(C)\C=C\C(=O)N(F)c1ccc(C)c(C)c1)/C(/C=C\C)=C/CCl. The summed E-state index contributed by atoms with van der Waals surface area (Å²) in [6, 6.07) is 4.98. The van der Waals surface area contributed by atoms with Crippen molar-refractivity contribution in [2.45, 2.75) is 27.7 Å². The van der Waals surface area contributed by atoms with Crippen molar-refractivity contribution >= 4 is 29.9 Å². The highest BCUT2D eigenvalue weighted by molar-refractivity contribution is 6.19. The molecule has 0 spiro atoms. The Morgan fingerprint density at radius 2 is 1.96 bits per heavy atom. The molecule has 5 heteroatoms. The maximum atomic E-state index is 14.3. The van der Waals surface area contributed by atoms with Crippen molar-refractivity contribution in [1.29, 1.82) is 0 Å². The van der Waals surface area contributed by atoms with E-state index in [2.05, 4.69) is 11.7 Å². The molecule has 0 radical (unpaired) electrons. The summed E-state index contributed by atoms with van der Waals surface area (Å²) in [6.45, 7) is 11.0. The average Bonchev–Trinajstić information content (AvgIpc) is 2.62. The fraction of sp³-hybridized carbons (Fsp3) is 0.238. The maximum Gasteiger partial charge on any atom is 0.279 e. The number of anilines is 1. The number of hydrogen-bond acceptors (Lipinski definition) is 2. The van der Waals surface area contributed by atoms with E-state index < -0.39 is 5.91 Å². The van der Waals surface area contributed by atoms with Gasteiger partial charge in [-0.1, -0.05) is 34.9 Å². The van der Waals surface area contributed by atoms with Crippen molar-refractivity contribution in [1.82, 2.24) is 0 Å². The Bertz CT molecular complexity index is 791. The third-order valence-corrected chi connectivity index (χ3v) is 3.99. The molecule has 1 amide bonds. The number of benzene rings is 1. The summed E-state index contributed by atoms with van der Waals surface area (Å²) in [7, 11) is 0. The van der Waals surface area contributed by atoms with Gasteiger partial charge < -0.3 is 0 Å². The molecule has 0 aromatic heterocycles. The van der Waals surface area contributed by atoms with Gasteiger partial charge in [-0.05, 0) is 68.8 Å². The molecule has 1 aromatic carbocycles. The van der Waals surface area contributed by atoms with Crippen molar-refractivity contribution < 1.29 is 9.28 Å². The van der Waals surface area contributed by atoms with Crippen LogP contribution in [0.15, 0.2) is 70.4 Å². The van der Waals surface area contributed by atoms with Gasteiger partial charge in [0.1, 0.15) is 0 Å². The Morgan fingerprint density at radius 3 is 2.50 bits per heavy atom. The molecular weight excluding hydrogens is 351 g/mol. The molecule has 0 atom stereocenters. The van der Waals surface area contributed by atoms with E-state index >= 15 is 0 Å². The molecule has 26 heavy (non-hydrogen) atoms. The fourth-order valence-electron chi connectivity index (χ4n) is 2.27. The number of aryl methyl sites for hydroxylation is 2. The van der Waals surface area contributed by atoms with E-state index in [4.69, 9.17) is 11.6 Å². The van der Waals surface area contributed by atoms with Gasteiger partial charge in [-0.2, -0.15) is 0 Å². The van der Waals surface area contributed by atoms with Crippen LogP contribution in [0, 0.1) is 13.8 Å². The summed E-state index contributed by atoms with van der Waals surface area (Å²) in [5.74, 6) is -0.454. The third kappa shape index (κ3) is 5.81. The number of halogens is 2. The molecule has 0 saturated heterocycles. The van der Waals surface area contributed by atoms with Crippen LogP contribution in [0.25, 0.3) is 0 Å². The smallest absolute Gasteiger partial charge is 0.267 e. The minimum Gasteiger partial charge on any atom is -0.267 e. The van der Waals surface area contributed by atoms with Crippen LogP contribution >= 0.6 is 11.6 Å². The zero-order valence-corrected chi connectivity index (χ0v) is 16.3. The van der Waals surface area contributed by atoms with Crippen LogP contribution in [0.2, 0.25) is 0 Å². The van der Waals surface area contributed by atoms with Gasteiger partial charge in [0.25, 0.3) is 5.91 Å². The second kappa shape index (κ2) is 10.5. The summed E-state index contributed by atoms with van der Waals surface area (Å²) in [6.07, 6.45) is 8.19. The van der Waals surface area contributed by atoms with E-state index in [-0.39, 0.29) is 10.8 Å². The summed E-state index contributed by atoms with van der Waals surface area (Å²) in [5.41, 5.74) is 4.20. The first kappa shape index (κ1) is 21.6. The molecule has 1 rings (SSSR count). The number of hydrogen-bond donors (Lipinski definition) is 0. The normalized spacial score (nSPS) is 13.2. The van der Waals surface area contributed by atoms with Gasteiger partial charge in [-0.25, -0.2) is 0 Å². The number of carbonyl (C=O) groups excluding carboxylic acids is 1. The molecule has 0 N–H and O–H groups in total.